The summed E-state index contributed by atoms with van der Waals surface area (Å²) in [5.74, 6) is 0.917. The molecular weight excluding hydrogens is 370 g/mol. The van der Waals surface area contributed by atoms with Gasteiger partial charge in [0.1, 0.15) is 19.1 Å². The lowest BCUT2D eigenvalue weighted by molar-refractivity contribution is -0.132. The molecule has 8 heteroatoms. The number of carbonyl (C=O) groups is 2. The molecule has 2 atom stereocenters. The maximum atomic E-state index is 12.7. The third-order valence-electron chi connectivity index (χ3n) is 5.32. The molecular formula is C19H26ClN3O4. The molecule has 2 unspecified atom stereocenters. The first-order chi connectivity index (χ1) is 12.7. The molecule has 2 amide bonds. The maximum absolute atomic E-state index is 12.7. The summed E-state index contributed by atoms with van der Waals surface area (Å²) >= 11 is 0. The van der Waals surface area contributed by atoms with Gasteiger partial charge in [0.05, 0.1) is 0 Å². The molecule has 0 aromatic heterocycles. The molecule has 148 valence electrons. The van der Waals surface area contributed by atoms with Crippen LogP contribution in [-0.4, -0.2) is 51.2 Å². The molecule has 2 saturated heterocycles. The van der Waals surface area contributed by atoms with Crippen LogP contribution in [0.1, 0.15) is 19.3 Å². The van der Waals surface area contributed by atoms with Crippen LogP contribution in [0.25, 0.3) is 0 Å². The Kier molecular flexibility index (Phi) is 6.44. The number of rotatable bonds is 4. The predicted octanol–water partition coefficient (Wildman–Crippen LogP) is 1.35. The molecule has 3 aliphatic heterocycles. The van der Waals surface area contributed by atoms with Crippen molar-refractivity contribution in [2.45, 2.75) is 19.3 Å². The lowest BCUT2D eigenvalue weighted by atomic mass is 9.99. The SMILES string of the molecule is Cl.O=C(NCC1CCCNC1)C1CCN(c2ccc3c(c2)OCCO3)C1=O. The Labute approximate surface area is 165 Å². The van der Waals surface area contributed by atoms with Crippen molar-refractivity contribution in [2.75, 3.05) is 44.3 Å². The van der Waals surface area contributed by atoms with Crippen molar-refractivity contribution in [1.29, 1.82) is 0 Å². The molecule has 1 aromatic rings. The minimum Gasteiger partial charge on any atom is -0.486 e. The molecule has 3 aliphatic rings. The summed E-state index contributed by atoms with van der Waals surface area (Å²) in [6, 6.07) is 5.49. The smallest absolute Gasteiger partial charge is 0.239 e. The van der Waals surface area contributed by atoms with Gasteiger partial charge in [-0.25, -0.2) is 0 Å². The summed E-state index contributed by atoms with van der Waals surface area (Å²) in [6.45, 7) is 4.21. The zero-order chi connectivity index (χ0) is 17.9. The topological polar surface area (TPSA) is 79.9 Å². The predicted molar refractivity (Wildman–Crippen MR) is 104 cm³/mol. The number of fused-ring (bicyclic) bond motifs is 1. The van der Waals surface area contributed by atoms with Gasteiger partial charge >= 0.3 is 0 Å². The fourth-order valence-corrected chi connectivity index (χ4v) is 3.85. The van der Waals surface area contributed by atoms with Gasteiger partial charge in [-0.15, -0.1) is 12.4 Å². The second kappa shape index (κ2) is 8.80. The zero-order valence-electron chi connectivity index (χ0n) is 15.2. The minimum atomic E-state index is -0.597. The van der Waals surface area contributed by atoms with E-state index in [-0.39, 0.29) is 24.2 Å². The molecule has 27 heavy (non-hydrogen) atoms. The number of nitrogens with one attached hydrogen (secondary N) is 2. The van der Waals surface area contributed by atoms with Crippen LogP contribution in [0.4, 0.5) is 5.69 Å². The van der Waals surface area contributed by atoms with Crippen molar-refractivity contribution in [2.24, 2.45) is 11.8 Å². The Hall–Kier alpha value is -1.99. The third kappa shape index (κ3) is 4.30. The highest BCUT2D eigenvalue weighted by Crippen LogP contribution is 2.36. The van der Waals surface area contributed by atoms with Gasteiger partial charge in [-0.05, 0) is 50.4 Å². The molecule has 2 fully saturated rings. The average Bonchev–Trinajstić information content (AvgIpc) is 3.08. The highest BCUT2D eigenvalue weighted by Gasteiger charge is 2.38. The normalized spacial score (nSPS) is 24.3. The van der Waals surface area contributed by atoms with Crippen LogP contribution in [0, 0.1) is 11.8 Å². The lowest BCUT2D eigenvalue weighted by Gasteiger charge is -2.24. The number of ether oxygens (including phenoxy) is 2. The number of amides is 2. The van der Waals surface area contributed by atoms with Gasteiger partial charge in [-0.2, -0.15) is 0 Å². The average molecular weight is 396 g/mol. The Morgan fingerprint density at radius 1 is 1.22 bits per heavy atom. The summed E-state index contributed by atoms with van der Waals surface area (Å²) in [5, 5.41) is 6.32. The number of hydrogen-bond donors (Lipinski definition) is 2. The van der Waals surface area contributed by atoms with Crippen molar-refractivity contribution in [1.82, 2.24) is 10.6 Å². The van der Waals surface area contributed by atoms with Crippen LogP contribution in [0.5, 0.6) is 11.5 Å². The van der Waals surface area contributed by atoms with E-state index in [1.54, 1.807) is 4.90 Å². The van der Waals surface area contributed by atoms with E-state index in [1.165, 1.54) is 0 Å². The summed E-state index contributed by atoms with van der Waals surface area (Å²) in [7, 11) is 0. The molecule has 0 bridgehead atoms. The van der Waals surface area contributed by atoms with E-state index in [0.717, 1.165) is 31.6 Å². The van der Waals surface area contributed by atoms with Crippen molar-refractivity contribution in [3.05, 3.63) is 18.2 Å². The van der Waals surface area contributed by atoms with Crippen LogP contribution < -0.4 is 25.0 Å². The van der Waals surface area contributed by atoms with Gasteiger partial charge in [0, 0.05) is 24.8 Å². The molecule has 0 aliphatic carbocycles. The van der Waals surface area contributed by atoms with Crippen molar-refractivity contribution in [3.63, 3.8) is 0 Å². The number of carbonyl (C=O) groups excluding carboxylic acids is 2. The molecule has 3 heterocycles. The van der Waals surface area contributed by atoms with E-state index in [2.05, 4.69) is 10.6 Å². The molecule has 0 spiro atoms. The Balaban J connectivity index is 0.00000210. The summed E-state index contributed by atoms with van der Waals surface area (Å²) < 4.78 is 11.1. The van der Waals surface area contributed by atoms with Gasteiger partial charge in [-0.3, -0.25) is 9.59 Å². The first-order valence-electron chi connectivity index (χ1n) is 9.42. The lowest BCUT2D eigenvalue weighted by Crippen LogP contribution is -2.42. The molecule has 2 N–H and O–H groups in total. The van der Waals surface area contributed by atoms with E-state index in [4.69, 9.17) is 9.47 Å². The number of nitrogens with zero attached hydrogens (tertiary/aromatic N) is 1. The first kappa shape index (κ1) is 19.8. The summed E-state index contributed by atoms with van der Waals surface area (Å²) in [5.41, 5.74) is 0.756. The van der Waals surface area contributed by atoms with Crippen molar-refractivity contribution >= 4 is 29.9 Å². The van der Waals surface area contributed by atoms with Gasteiger partial charge in [0.15, 0.2) is 11.5 Å². The second-order valence-electron chi connectivity index (χ2n) is 7.12. The minimum absolute atomic E-state index is 0. The Morgan fingerprint density at radius 2 is 2.04 bits per heavy atom. The quantitative estimate of drug-likeness (QED) is 0.752. The Morgan fingerprint density at radius 3 is 2.81 bits per heavy atom. The molecule has 0 radical (unpaired) electrons. The third-order valence-corrected chi connectivity index (χ3v) is 5.32. The largest absolute Gasteiger partial charge is 0.486 e. The van der Waals surface area contributed by atoms with E-state index >= 15 is 0 Å². The molecule has 0 saturated carbocycles. The standard InChI is InChI=1S/C19H25N3O4.ClH/c23-18(21-12-13-2-1-6-20-11-13)15-5-7-22(19(15)24)14-3-4-16-17(10-14)26-9-8-25-16;/h3-4,10,13,15,20H,1-2,5-9,11-12H2,(H,21,23);1H. The number of anilines is 1. The second-order valence-corrected chi connectivity index (χ2v) is 7.12. The number of halogens is 1. The van der Waals surface area contributed by atoms with Gasteiger partial charge in [0.25, 0.3) is 0 Å². The van der Waals surface area contributed by atoms with E-state index in [0.29, 0.717) is 50.1 Å². The van der Waals surface area contributed by atoms with Crippen LogP contribution in [0.3, 0.4) is 0 Å². The summed E-state index contributed by atoms with van der Waals surface area (Å²) in [4.78, 5) is 26.9. The van der Waals surface area contributed by atoms with Crippen LogP contribution in [-0.2, 0) is 9.59 Å². The fraction of sp³-hybridized carbons (Fsp3) is 0.579. The fourth-order valence-electron chi connectivity index (χ4n) is 3.85. The molecule has 1 aromatic carbocycles. The number of piperidine rings is 1. The highest BCUT2D eigenvalue weighted by molar-refractivity contribution is 6.09. The van der Waals surface area contributed by atoms with E-state index in [9.17, 15) is 9.59 Å². The highest BCUT2D eigenvalue weighted by atomic mass is 35.5. The van der Waals surface area contributed by atoms with E-state index in [1.807, 2.05) is 18.2 Å². The number of hydrogen-bond acceptors (Lipinski definition) is 5. The maximum Gasteiger partial charge on any atom is 0.239 e. The molecule has 7 nitrogen and oxygen atoms in total. The van der Waals surface area contributed by atoms with Crippen LogP contribution in [0.2, 0.25) is 0 Å². The Bertz CT molecular complexity index is 694. The van der Waals surface area contributed by atoms with Gasteiger partial charge in [-0.1, -0.05) is 0 Å². The monoisotopic (exact) mass is 395 g/mol. The first-order valence-corrected chi connectivity index (χ1v) is 9.42. The van der Waals surface area contributed by atoms with Gasteiger partial charge in [0.2, 0.25) is 11.8 Å². The zero-order valence-corrected chi connectivity index (χ0v) is 16.1. The van der Waals surface area contributed by atoms with Crippen LogP contribution in [0.15, 0.2) is 18.2 Å². The van der Waals surface area contributed by atoms with Crippen molar-refractivity contribution in [3.8, 4) is 11.5 Å². The summed E-state index contributed by atoms with van der Waals surface area (Å²) in [6.07, 6.45) is 2.80. The number of benzene rings is 1. The van der Waals surface area contributed by atoms with Crippen LogP contribution >= 0.6 is 12.4 Å². The van der Waals surface area contributed by atoms with Crippen molar-refractivity contribution < 1.29 is 19.1 Å². The molecule has 4 rings (SSSR count). The van der Waals surface area contributed by atoms with Gasteiger partial charge < -0.3 is 25.0 Å². The van der Waals surface area contributed by atoms with E-state index < -0.39 is 5.92 Å².